The molecule has 0 aliphatic carbocycles. The number of hydrogen-bond donors (Lipinski definition) is 1. The zero-order chi connectivity index (χ0) is 7.56. The van der Waals surface area contributed by atoms with Gasteiger partial charge in [0.1, 0.15) is 6.79 Å². The first-order valence-corrected chi connectivity index (χ1v) is 4.11. The van der Waals surface area contributed by atoms with E-state index in [1.54, 1.807) is 0 Å². The molecule has 1 heterocycles. The van der Waals surface area contributed by atoms with Crippen molar-refractivity contribution in [3.8, 4) is 0 Å². The molecule has 0 aromatic carbocycles. The van der Waals surface area contributed by atoms with Gasteiger partial charge in [-0.2, -0.15) is 12.6 Å². The zero-order valence-electron chi connectivity index (χ0n) is 6.41. The third kappa shape index (κ3) is 1.87. The van der Waals surface area contributed by atoms with Crippen LogP contribution in [0.5, 0.6) is 0 Å². The van der Waals surface area contributed by atoms with Crippen LogP contribution < -0.4 is 0 Å². The summed E-state index contributed by atoms with van der Waals surface area (Å²) < 4.78 is 10.3. The Bertz CT molecular complexity index is 99.8. The maximum Gasteiger partial charge on any atom is 0.147 e. The molecular weight excluding hydrogens is 148 g/mol. The van der Waals surface area contributed by atoms with Crippen LogP contribution in [0.3, 0.4) is 0 Å². The van der Waals surface area contributed by atoms with Crippen molar-refractivity contribution in [2.75, 3.05) is 13.4 Å². The van der Waals surface area contributed by atoms with Gasteiger partial charge in [-0.15, -0.1) is 0 Å². The fourth-order valence-corrected chi connectivity index (χ4v) is 1.15. The summed E-state index contributed by atoms with van der Waals surface area (Å²) in [5, 5.41) is 0.308. The summed E-state index contributed by atoms with van der Waals surface area (Å²) in [6, 6.07) is 0. The monoisotopic (exact) mass is 162 g/mol. The van der Waals surface area contributed by atoms with Crippen LogP contribution in [0, 0.1) is 5.92 Å². The van der Waals surface area contributed by atoms with E-state index in [0.717, 1.165) is 0 Å². The normalized spacial score (nSPS) is 29.4. The third-order valence-electron chi connectivity index (χ3n) is 1.71. The first-order valence-electron chi connectivity index (χ1n) is 3.59. The summed E-state index contributed by atoms with van der Waals surface area (Å²) >= 11 is 4.42. The molecule has 0 amide bonds. The van der Waals surface area contributed by atoms with E-state index in [9.17, 15) is 0 Å². The van der Waals surface area contributed by atoms with E-state index >= 15 is 0 Å². The van der Waals surface area contributed by atoms with E-state index in [1.165, 1.54) is 0 Å². The van der Waals surface area contributed by atoms with Crippen molar-refractivity contribution in [1.29, 1.82) is 0 Å². The molecule has 1 rings (SSSR count). The third-order valence-corrected chi connectivity index (χ3v) is 2.64. The predicted octanol–water partition coefficient (Wildman–Crippen LogP) is 1.31. The maximum absolute atomic E-state index is 5.28. The minimum atomic E-state index is 0.198. The van der Waals surface area contributed by atoms with Crippen molar-refractivity contribution in [3.63, 3.8) is 0 Å². The zero-order valence-corrected chi connectivity index (χ0v) is 7.30. The summed E-state index contributed by atoms with van der Waals surface area (Å²) in [4.78, 5) is 0. The average molecular weight is 162 g/mol. The molecule has 0 spiro atoms. The smallest absolute Gasteiger partial charge is 0.147 e. The van der Waals surface area contributed by atoms with Crippen molar-refractivity contribution in [2.45, 2.75) is 25.2 Å². The molecule has 1 aliphatic heterocycles. The van der Waals surface area contributed by atoms with Crippen LogP contribution in [0.1, 0.15) is 13.8 Å². The van der Waals surface area contributed by atoms with Gasteiger partial charge in [0.15, 0.2) is 0 Å². The summed E-state index contributed by atoms with van der Waals surface area (Å²) in [6.45, 7) is 5.42. The second-order valence-electron chi connectivity index (χ2n) is 2.93. The molecule has 0 radical (unpaired) electrons. The largest absolute Gasteiger partial charge is 0.353 e. The molecule has 2 unspecified atom stereocenters. The first-order chi connectivity index (χ1) is 4.72. The molecule has 0 saturated carbocycles. The molecule has 2 nitrogen and oxygen atoms in total. The Morgan fingerprint density at radius 1 is 1.50 bits per heavy atom. The summed E-state index contributed by atoms with van der Waals surface area (Å²) in [7, 11) is 0. The Labute approximate surface area is 67.3 Å². The Morgan fingerprint density at radius 3 is 2.60 bits per heavy atom. The quantitative estimate of drug-likeness (QED) is 0.617. The molecule has 1 fully saturated rings. The second-order valence-corrected chi connectivity index (χ2v) is 3.52. The standard InChI is InChI=1S/C7H14O2S/c1-5(2)7(10)6-3-8-4-9-6/h5-7,10H,3-4H2,1-2H3. The summed E-state index contributed by atoms with van der Waals surface area (Å²) in [6.07, 6.45) is 0.198. The van der Waals surface area contributed by atoms with Crippen molar-refractivity contribution in [1.82, 2.24) is 0 Å². The van der Waals surface area contributed by atoms with E-state index in [2.05, 4.69) is 26.5 Å². The Morgan fingerprint density at radius 2 is 2.20 bits per heavy atom. The van der Waals surface area contributed by atoms with Crippen LogP contribution >= 0.6 is 12.6 Å². The fraction of sp³-hybridized carbons (Fsp3) is 1.00. The summed E-state index contributed by atoms with van der Waals surface area (Å²) in [5.41, 5.74) is 0. The van der Waals surface area contributed by atoms with Gasteiger partial charge in [-0.3, -0.25) is 0 Å². The minimum Gasteiger partial charge on any atom is -0.353 e. The lowest BCUT2D eigenvalue weighted by Gasteiger charge is -2.19. The van der Waals surface area contributed by atoms with Gasteiger partial charge in [0.05, 0.1) is 12.7 Å². The highest BCUT2D eigenvalue weighted by Gasteiger charge is 2.25. The molecule has 0 aromatic rings. The van der Waals surface area contributed by atoms with Gasteiger partial charge in [-0.1, -0.05) is 13.8 Å². The van der Waals surface area contributed by atoms with E-state index in [-0.39, 0.29) is 6.10 Å². The molecule has 0 bridgehead atoms. The molecule has 1 saturated heterocycles. The lowest BCUT2D eigenvalue weighted by Crippen LogP contribution is -2.27. The van der Waals surface area contributed by atoms with Gasteiger partial charge < -0.3 is 9.47 Å². The highest BCUT2D eigenvalue weighted by atomic mass is 32.1. The van der Waals surface area contributed by atoms with Crippen molar-refractivity contribution in [2.24, 2.45) is 5.92 Å². The topological polar surface area (TPSA) is 18.5 Å². The van der Waals surface area contributed by atoms with Gasteiger partial charge in [0.2, 0.25) is 0 Å². The van der Waals surface area contributed by atoms with E-state index in [0.29, 0.717) is 24.6 Å². The van der Waals surface area contributed by atoms with Gasteiger partial charge in [-0.25, -0.2) is 0 Å². The number of thiol groups is 1. The van der Waals surface area contributed by atoms with E-state index in [4.69, 9.17) is 9.47 Å². The molecule has 2 atom stereocenters. The first kappa shape index (κ1) is 8.37. The fourth-order valence-electron chi connectivity index (χ4n) is 0.974. The molecule has 60 valence electrons. The second kappa shape index (κ2) is 3.60. The number of rotatable bonds is 2. The highest BCUT2D eigenvalue weighted by Crippen LogP contribution is 2.19. The Kier molecular flexibility index (Phi) is 3.01. The van der Waals surface area contributed by atoms with Crippen LogP contribution in [0.15, 0.2) is 0 Å². The van der Waals surface area contributed by atoms with Crippen LogP contribution in [-0.4, -0.2) is 24.8 Å². The Balaban J connectivity index is 2.32. The maximum atomic E-state index is 5.28. The highest BCUT2D eigenvalue weighted by molar-refractivity contribution is 7.81. The lowest BCUT2D eigenvalue weighted by atomic mass is 10.1. The minimum absolute atomic E-state index is 0.198. The van der Waals surface area contributed by atoms with Crippen LogP contribution in [-0.2, 0) is 9.47 Å². The predicted molar refractivity (Wildman–Crippen MR) is 43.3 cm³/mol. The van der Waals surface area contributed by atoms with Gasteiger partial charge in [-0.05, 0) is 5.92 Å². The van der Waals surface area contributed by atoms with Crippen molar-refractivity contribution >= 4 is 12.6 Å². The number of ether oxygens (including phenoxy) is 2. The van der Waals surface area contributed by atoms with E-state index < -0.39 is 0 Å². The molecule has 1 aliphatic rings. The van der Waals surface area contributed by atoms with Crippen LogP contribution in [0.4, 0.5) is 0 Å². The van der Waals surface area contributed by atoms with Crippen molar-refractivity contribution in [3.05, 3.63) is 0 Å². The van der Waals surface area contributed by atoms with Gasteiger partial charge >= 0.3 is 0 Å². The molecule has 10 heavy (non-hydrogen) atoms. The van der Waals surface area contributed by atoms with Crippen LogP contribution in [0.25, 0.3) is 0 Å². The summed E-state index contributed by atoms with van der Waals surface area (Å²) in [5.74, 6) is 0.551. The van der Waals surface area contributed by atoms with Gasteiger partial charge in [0.25, 0.3) is 0 Å². The SMILES string of the molecule is CC(C)C(S)C1COCO1. The molecule has 0 N–H and O–H groups in total. The molecule has 0 aromatic heterocycles. The van der Waals surface area contributed by atoms with Crippen molar-refractivity contribution < 1.29 is 9.47 Å². The van der Waals surface area contributed by atoms with Gasteiger partial charge in [0, 0.05) is 5.25 Å². The molecule has 3 heteroatoms. The molecular formula is C7H14O2S. The Hall–Kier alpha value is 0.270. The van der Waals surface area contributed by atoms with Crippen LogP contribution in [0.2, 0.25) is 0 Å². The lowest BCUT2D eigenvalue weighted by molar-refractivity contribution is 0.0435. The average Bonchev–Trinajstić information content (AvgIpc) is 2.36. The number of hydrogen-bond acceptors (Lipinski definition) is 3. The van der Waals surface area contributed by atoms with E-state index in [1.807, 2.05) is 0 Å².